The van der Waals surface area contributed by atoms with Gasteiger partial charge in [-0.1, -0.05) is 28.9 Å². The van der Waals surface area contributed by atoms with Crippen molar-refractivity contribution in [2.24, 2.45) is 0 Å². The SMILES string of the molecule is CCCNC(Cc1ccc(Br)cc1F)C1CSCCO1. The molecule has 0 amide bonds. The first-order chi connectivity index (χ1) is 9.70. The predicted octanol–water partition coefficient (Wildman–Crippen LogP) is 3.63. The third-order valence-electron chi connectivity index (χ3n) is 3.40. The van der Waals surface area contributed by atoms with Gasteiger partial charge in [0.05, 0.1) is 12.7 Å². The van der Waals surface area contributed by atoms with Crippen molar-refractivity contribution in [3.8, 4) is 0 Å². The zero-order valence-corrected chi connectivity index (χ0v) is 14.1. The monoisotopic (exact) mass is 361 g/mol. The van der Waals surface area contributed by atoms with E-state index in [2.05, 4.69) is 28.2 Å². The van der Waals surface area contributed by atoms with Crippen LogP contribution in [0.15, 0.2) is 22.7 Å². The van der Waals surface area contributed by atoms with Gasteiger partial charge in [0, 0.05) is 22.0 Å². The van der Waals surface area contributed by atoms with Gasteiger partial charge in [-0.3, -0.25) is 0 Å². The van der Waals surface area contributed by atoms with Gasteiger partial charge in [0.1, 0.15) is 5.82 Å². The molecule has 1 aromatic carbocycles. The number of thioether (sulfide) groups is 1. The highest BCUT2D eigenvalue weighted by Crippen LogP contribution is 2.21. The summed E-state index contributed by atoms with van der Waals surface area (Å²) in [7, 11) is 0. The fraction of sp³-hybridized carbons (Fsp3) is 0.600. The Kier molecular flexibility index (Phi) is 6.81. The van der Waals surface area contributed by atoms with Crippen LogP contribution in [0.5, 0.6) is 0 Å². The summed E-state index contributed by atoms with van der Waals surface area (Å²) in [6.07, 6.45) is 1.91. The Morgan fingerprint density at radius 1 is 1.55 bits per heavy atom. The zero-order chi connectivity index (χ0) is 14.4. The number of benzene rings is 1. The topological polar surface area (TPSA) is 21.3 Å². The molecule has 0 spiro atoms. The van der Waals surface area contributed by atoms with E-state index in [1.54, 1.807) is 0 Å². The first kappa shape index (κ1) is 16.3. The number of nitrogens with one attached hydrogen (secondary N) is 1. The smallest absolute Gasteiger partial charge is 0.127 e. The first-order valence-electron chi connectivity index (χ1n) is 7.07. The second-order valence-corrected chi connectivity index (χ2v) is 7.05. The van der Waals surface area contributed by atoms with Crippen LogP contribution in [0.25, 0.3) is 0 Å². The molecule has 1 saturated heterocycles. The number of ether oxygens (including phenoxy) is 1. The molecule has 1 fully saturated rings. The fourth-order valence-corrected chi connectivity index (χ4v) is 3.60. The van der Waals surface area contributed by atoms with E-state index in [1.165, 1.54) is 6.07 Å². The highest BCUT2D eigenvalue weighted by molar-refractivity contribution is 9.10. The van der Waals surface area contributed by atoms with Crippen LogP contribution in [-0.4, -0.2) is 36.8 Å². The summed E-state index contributed by atoms with van der Waals surface area (Å²) in [6.45, 7) is 3.87. The van der Waals surface area contributed by atoms with E-state index in [-0.39, 0.29) is 18.0 Å². The van der Waals surface area contributed by atoms with Crippen LogP contribution in [-0.2, 0) is 11.2 Å². The van der Waals surface area contributed by atoms with Gasteiger partial charge < -0.3 is 10.1 Å². The molecule has 1 aliphatic rings. The van der Waals surface area contributed by atoms with E-state index >= 15 is 0 Å². The third kappa shape index (κ3) is 4.72. The zero-order valence-electron chi connectivity index (χ0n) is 11.7. The van der Waals surface area contributed by atoms with E-state index in [9.17, 15) is 4.39 Å². The van der Waals surface area contributed by atoms with Gasteiger partial charge in [-0.2, -0.15) is 11.8 Å². The molecule has 0 aromatic heterocycles. The average Bonchev–Trinajstić information content (AvgIpc) is 2.46. The molecule has 0 bridgehead atoms. The lowest BCUT2D eigenvalue weighted by Gasteiger charge is -2.31. The summed E-state index contributed by atoms with van der Waals surface area (Å²) in [5.74, 6) is 1.90. The molecule has 20 heavy (non-hydrogen) atoms. The van der Waals surface area contributed by atoms with Crippen molar-refractivity contribution in [1.29, 1.82) is 0 Å². The van der Waals surface area contributed by atoms with E-state index in [0.29, 0.717) is 6.42 Å². The maximum absolute atomic E-state index is 14.0. The van der Waals surface area contributed by atoms with Crippen molar-refractivity contribution in [2.75, 3.05) is 24.7 Å². The lowest BCUT2D eigenvalue weighted by molar-refractivity contribution is 0.0470. The molecule has 2 nitrogen and oxygen atoms in total. The Morgan fingerprint density at radius 2 is 2.40 bits per heavy atom. The van der Waals surface area contributed by atoms with Crippen LogP contribution in [0, 0.1) is 5.82 Å². The van der Waals surface area contributed by atoms with E-state index in [4.69, 9.17) is 4.74 Å². The maximum atomic E-state index is 14.0. The minimum absolute atomic E-state index is 0.147. The normalized spacial score (nSPS) is 20.9. The molecule has 0 radical (unpaired) electrons. The van der Waals surface area contributed by atoms with Crippen molar-refractivity contribution in [1.82, 2.24) is 5.32 Å². The lowest BCUT2D eigenvalue weighted by atomic mass is 10.0. The molecule has 1 heterocycles. The van der Waals surface area contributed by atoms with Crippen LogP contribution in [0.1, 0.15) is 18.9 Å². The highest BCUT2D eigenvalue weighted by Gasteiger charge is 2.25. The molecule has 112 valence electrons. The van der Waals surface area contributed by atoms with Gasteiger partial charge in [0.25, 0.3) is 0 Å². The summed E-state index contributed by atoms with van der Waals surface area (Å²) < 4.78 is 20.6. The molecule has 1 aromatic rings. The fourth-order valence-electron chi connectivity index (χ4n) is 2.33. The minimum Gasteiger partial charge on any atom is -0.375 e. The van der Waals surface area contributed by atoms with Gasteiger partial charge in [0.2, 0.25) is 0 Å². The van der Waals surface area contributed by atoms with Crippen molar-refractivity contribution >= 4 is 27.7 Å². The number of hydrogen-bond acceptors (Lipinski definition) is 3. The summed E-state index contributed by atoms with van der Waals surface area (Å²) in [4.78, 5) is 0. The summed E-state index contributed by atoms with van der Waals surface area (Å²) in [5.41, 5.74) is 0.751. The average molecular weight is 362 g/mol. The van der Waals surface area contributed by atoms with Gasteiger partial charge in [-0.05, 0) is 37.1 Å². The molecule has 2 rings (SSSR count). The van der Waals surface area contributed by atoms with Crippen LogP contribution in [0.2, 0.25) is 0 Å². The van der Waals surface area contributed by atoms with Crippen molar-refractivity contribution < 1.29 is 9.13 Å². The predicted molar refractivity (Wildman–Crippen MR) is 87.0 cm³/mol. The standard InChI is InChI=1S/C15H21BrFNOS/c1-2-5-18-14(15-10-20-7-6-19-15)8-11-3-4-12(16)9-13(11)17/h3-4,9,14-15,18H,2,5-8,10H2,1H3. The van der Waals surface area contributed by atoms with Crippen molar-refractivity contribution in [2.45, 2.75) is 31.9 Å². The van der Waals surface area contributed by atoms with Crippen LogP contribution in [0.3, 0.4) is 0 Å². The molecule has 0 aliphatic carbocycles. The molecular weight excluding hydrogens is 341 g/mol. The van der Waals surface area contributed by atoms with E-state index < -0.39 is 0 Å². The Bertz CT molecular complexity index is 426. The van der Waals surface area contributed by atoms with E-state index in [1.807, 2.05) is 23.9 Å². The Labute approximate surface area is 133 Å². The Hall–Kier alpha value is -0.100. The Balaban J connectivity index is 2.05. The van der Waals surface area contributed by atoms with Gasteiger partial charge >= 0.3 is 0 Å². The maximum Gasteiger partial charge on any atom is 0.127 e. The molecular formula is C15H21BrFNOS. The molecule has 1 N–H and O–H groups in total. The van der Waals surface area contributed by atoms with Crippen LogP contribution >= 0.6 is 27.7 Å². The van der Waals surface area contributed by atoms with Crippen LogP contribution < -0.4 is 5.32 Å². The van der Waals surface area contributed by atoms with Gasteiger partial charge in [-0.15, -0.1) is 0 Å². The molecule has 2 atom stereocenters. The third-order valence-corrected chi connectivity index (χ3v) is 4.91. The molecule has 2 unspecified atom stereocenters. The lowest BCUT2D eigenvalue weighted by Crippen LogP contribution is -2.46. The van der Waals surface area contributed by atoms with E-state index in [0.717, 1.165) is 41.1 Å². The first-order valence-corrected chi connectivity index (χ1v) is 9.02. The molecule has 1 aliphatic heterocycles. The van der Waals surface area contributed by atoms with Crippen molar-refractivity contribution in [3.63, 3.8) is 0 Å². The van der Waals surface area contributed by atoms with Crippen LogP contribution in [0.4, 0.5) is 4.39 Å². The van der Waals surface area contributed by atoms with Gasteiger partial charge in [0.15, 0.2) is 0 Å². The quantitative estimate of drug-likeness (QED) is 0.835. The highest BCUT2D eigenvalue weighted by atomic mass is 79.9. The largest absolute Gasteiger partial charge is 0.375 e. The number of halogens is 2. The minimum atomic E-state index is -0.147. The van der Waals surface area contributed by atoms with Gasteiger partial charge in [-0.25, -0.2) is 4.39 Å². The molecule has 0 saturated carbocycles. The van der Waals surface area contributed by atoms with Crippen molar-refractivity contribution in [3.05, 3.63) is 34.1 Å². The Morgan fingerprint density at radius 3 is 3.05 bits per heavy atom. The second-order valence-electron chi connectivity index (χ2n) is 4.98. The number of hydrogen-bond donors (Lipinski definition) is 1. The molecule has 5 heteroatoms. The summed E-state index contributed by atoms with van der Waals surface area (Å²) >= 11 is 5.21. The second kappa shape index (κ2) is 8.37. The summed E-state index contributed by atoms with van der Waals surface area (Å²) in [6, 6.07) is 5.46. The number of rotatable bonds is 6. The summed E-state index contributed by atoms with van der Waals surface area (Å²) in [5, 5.41) is 3.51.